The molecule has 0 saturated heterocycles. The summed E-state index contributed by atoms with van der Waals surface area (Å²) < 4.78 is 4.93. The molecule has 0 radical (unpaired) electrons. The second kappa shape index (κ2) is 5.93. The molecular formula is C9H18N2O2S. The van der Waals surface area contributed by atoms with Crippen LogP contribution in [0.3, 0.4) is 0 Å². The van der Waals surface area contributed by atoms with E-state index in [0.717, 1.165) is 0 Å². The van der Waals surface area contributed by atoms with Gasteiger partial charge in [0.25, 0.3) is 5.91 Å². The van der Waals surface area contributed by atoms with Crippen molar-refractivity contribution >= 4 is 23.1 Å². The average molecular weight is 218 g/mol. The number of ether oxygens (including phenoxy) is 1. The maximum Gasteiger partial charge on any atom is 0.251 e. The Hall–Kier alpha value is -0.680. The number of nitrogens with two attached hydrogens (primary N) is 1. The Labute approximate surface area is 90.4 Å². The zero-order chi connectivity index (χ0) is 11.3. The van der Waals surface area contributed by atoms with E-state index < -0.39 is 6.10 Å². The molecule has 1 amide bonds. The number of carbonyl (C=O) groups excluding carboxylic acids is 1. The summed E-state index contributed by atoms with van der Waals surface area (Å²) in [4.78, 5) is 13.6. The van der Waals surface area contributed by atoms with Crippen LogP contribution in [0.15, 0.2) is 0 Å². The van der Waals surface area contributed by atoms with E-state index in [1.807, 2.05) is 6.92 Å². The molecule has 82 valence electrons. The van der Waals surface area contributed by atoms with Crippen LogP contribution in [0.25, 0.3) is 0 Å². The maximum absolute atomic E-state index is 11.6. The third kappa shape index (κ3) is 4.02. The van der Waals surface area contributed by atoms with Gasteiger partial charge in [0.2, 0.25) is 0 Å². The quantitative estimate of drug-likeness (QED) is 0.684. The first-order chi connectivity index (χ1) is 6.40. The molecule has 0 heterocycles. The van der Waals surface area contributed by atoms with E-state index in [0.29, 0.717) is 11.4 Å². The lowest BCUT2D eigenvalue weighted by atomic mass is 10.2. The van der Waals surface area contributed by atoms with E-state index in [-0.39, 0.29) is 11.9 Å². The molecule has 0 aromatic carbocycles. The van der Waals surface area contributed by atoms with E-state index in [2.05, 4.69) is 0 Å². The molecule has 0 rings (SSSR count). The molecule has 0 spiro atoms. The van der Waals surface area contributed by atoms with Crippen LogP contribution >= 0.6 is 12.2 Å². The molecule has 0 aliphatic rings. The van der Waals surface area contributed by atoms with Crippen LogP contribution in [0.2, 0.25) is 0 Å². The lowest BCUT2D eigenvalue weighted by Crippen LogP contribution is -2.42. The Morgan fingerprint density at radius 2 is 2.07 bits per heavy atom. The number of carbonyl (C=O) groups is 1. The van der Waals surface area contributed by atoms with Crippen molar-refractivity contribution < 1.29 is 9.53 Å². The second-order valence-electron chi connectivity index (χ2n) is 3.35. The summed E-state index contributed by atoms with van der Waals surface area (Å²) in [7, 11) is 3.23. The van der Waals surface area contributed by atoms with Gasteiger partial charge >= 0.3 is 0 Å². The SMILES string of the molecule is COC(C)C(=O)N(C)C(C)CC(N)=S. The largest absolute Gasteiger partial charge is 0.393 e. The van der Waals surface area contributed by atoms with Gasteiger partial charge in [-0.15, -0.1) is 0 Å². The van der Waals surface area contributed by atoms with Gasteiger partial charge in [0.15, 0.2) is 0 Å². The van der Waals surface area contributed by atoms with Gasteiger partial charge in [-0.05, 0) is 13.8 Å². The molecule has 2 unspecified atom stereocenters. The van der Waals surface area contributed by atoms with E-state index in [4.69, 9.17) is 22.7 Å². The van der Waals surface area contributed by atoms with Crippen molar-refractivity contribution in [2.75, 3.05) is 14.2 Å². The van der Waals surface area contributed by atoms with Crippen LogP contribution in [0.4, 0.5) is 0 Å². The minimum Gasteiger partial charge on any atom is -0.393 e. The molecule has 0 aliphatic heterocycles. The monoisotopic (exact) mass is 218 g/mol. The van der Waals surface area contributed by atoms with Gasteiger partial charge in [-0.3, -0.25) is 4.79 Å². The minimum atomic E-state index is -0.422. The molecule has 4 nitrogen and oxygen atoms in total. The smallest absolute Gasteiger partial charge is 0.251 e. The van der Waals surface area contributed by atoms with Crippen molar-refractivity contribution in [3.8, 4) is 0 Å². The minimum absolute atomic E-state index is 0.0117. The third-order valence-corrected chi connectivity index (χ3v) is 2.37. The molecule has 5 heteroatoms. The summed E-state index contributed by atoms with van der Waals surface area (Å²) in [6.07, 6.45) is 0.113. The molecule has 2 atom stereocenters. The van der Waals surface area contributed by atoms with Gasteiger partial charge in [-0.25, -0.2) is 0 Å². The Morgan fingerprint density at radius 1 is 1.57 bits per heavy atom. The lowest BCUT2D eigenvalue weighted by Gasteiger charge is -2.26. The number of methoxy groups -OCH3 is 1. The second-order valence-corrected chi connectivity index (χ2v) is 3.87. The summed E-state index contributed by atoms with van der Waals surface area (Å²) in [5.41, 5.74) is 5.40. The normalized spacial score (nSPS) is 14.6. The van der Waals surface area contributed by atoms with Crippen molar-refractivity contribution in [1.29, 1.82) is 0 Å². The van der Waals surface area contributed by atoms with E-state index in [1.165, 1.54) is 7.11 Å². The highest BCUT2D eigenvalue weighted by molar-refractivity contribution is 7.80. The van der Waals surface area contributed by atoms with E-state index in [1.54, 1.807) is 18.9 Å². The molecule has 2 N–H and O–H groups in total. The highest BCUT2D eigenvalue weighted by atomic mass is 32.1. The van der Waals surface area contributed by atoms with Crippen molar-refractivity contribution in [3.63, 3.8) is 0 Å². The number of rotatable bonds is 5. The fraction of sp³-hybridized carbons (Fsp3) is 0.778. The van der Waals surface area contributed by atoms with Gasteiger partial charge in [0.05, 0.1) is 4.99 Å². The number of likely N-dealkylation sites (N-methyl/N-ethyl adjacent to an activating group) is 1. The van der Waals surface area contributed by atoms with Gasteiger partial charge < -0.3 is 15.4 Å². The van der Waals surface area contributed by atoms with E-state index >= 15 is 0 Å². The Balaban J connectivity index is 4.23. The predicted molar refractivity (Wildman–Crippen MR) is 60.1 cm³/mol. The van der Waals surface area contributed by atoms with Gasteiger partial charge in [0, 0.05) is 26.6 Å². The number of hydrogen-bond donors (Lipinski definition) is 1. The zero-order valence-electron chi connectivity index (χ0n) is 9.11. The number of amides is 1. The summed E-state index contributed by atoms with van der Waals surface area (Å²) in [5.74, 6) is -0.0590. The number of hydrogen-bond acceptors (Lipinski definition) is 3. The topological polar surface area (TPSA) is 55.6 Å². The van der Waals surface area contributed by atoms with Crippen LogP contribution in [0, 0.1) is 0 Å². The van der Waals surface area contributed by atoms with Crippen LogP contribution < -0.4 is 5.73 Å². The van der Waals surface area contributed by atoms with Gasteiger partial charge in [-0.2, -0.15) is 0 Å². The first-order valence-corrected chi connectivity index (χ1v) is 4.88. The molecule has 0 fully saturated rings. The van der Waals surface area contributed by atoms with Crippen LogP contribution in [-0.4, -0.2) is 42.1 Å². The number of nitrogens with zero attached hydrogens (tertiary/aromatic N) is 1. The highest BCUT2D eigenvalue weighted by Crippen LogP contribution is 2.05. The summed E-state index contributed by atoms with van der Waals surface area (Å²) in [6.45, 7) is 3.62. The molecule has 0 aromatic rings. The van der Waals surface area contributed by atoms with Gasteiger partial charge in [0.1, 0.15) is 6.10 Å². The molecule has 0 bridgehead atoms. The standard InChI is InChI=1S/C9H18N2O2S/c1-6(5-8(10)14)11(3)9(12)7(2)13-4/h6-7H,5H2,1-4H3,(H2,10,14). The summed E-state index contributed by atoms with van der Waals surface area (Å²) >= 11 is 4.78. The van der Waals surface area contributed by atoms with Gasteiger partial charge in [-0.1, -0.05) is 12.2 Å². The first kappa shape index (κ1) is 13.3. The van der Waals surface area contributed by atoms with Crippen LogP contribution in [-0.2, 0) is 9.53 Å². The molecule has 14 heavy (non-hydrogen) atoms. The van der Waals surface area contributed by atoms with Crippen LogP contribution in [0.1, 0.15) is 20.3 Å². The average Bonchev–Trinajstić information content (AvgIpc) is 2.13. The Kier molecular flexibility index (Phi) is 5.64. The first-order valence-electron chi connectivity index (χ1n) is 4.48. The Bertz CT molecular complexity index is 221. The third-order valence-electron chi connectivity index (χ3n) is 2.21. The van der Waals surface area contributed by atoms with Crippen molar-refractivity contribution in [3.05, 3.63) is 0 Å². The Morgan fingerprint density at radius 3 is 2.43 bits per heavy atom. The fourth-order valence-corrected chi connectivity index (χ4v) is 1.27. The zero-order valence-corrected chi connectivity index (χ0v) is 9.93. The fourth-order valence-electron chi connectivity index (χ4n) is 1.03. The summed E-state index contributed by atoms with van der Waals surface area (Å²) in [5, 5.41) is 0. The maximum atomic E-state index is 11.6. The predicted octanol–water partition coefficient (Wildman–Crippen LogP) is 0.544. The van der Waals surface area contributed by atoms with Crippen molar-refractivity contribution in [1.82, 2.24) is 4.90 Å². The molecule has 0 aromatic heterocycles. The van der Waals surface area contributed by atoms with Crippen molar-refractivity contribution in [2.45, 2.75) is 32.4 Å². The lowest BCUT2D eigenvalue weighted by molar-refractivity contribution is -0.141. The molecule has 0 saturated carbocycles. The summed E-state index contributed by atoms with van der Waals surface area (Å²) in [6, 6.07) is 0.0117. The van der Waals surface area contributed by atoms with Crippen molar-refractivity contribution in [2.24, 2.45) is 5.73 Å². The highest BCUT2D eigenvalue weighted by Gasteiger charge is 2.21. The van der Waals surface area contributed by atoms with E-state index in [9.17, 15) is 4.79 Å². The van der Waals surface area contributed by atoms with Crippen LogP contribution in [0.5, 0.6) is 0 Å². The molecular weight excluding hydrogens is 200 g/mol. The molecule has 0 aliphatic carbocycles. The number of thiocarbonyl (C=S) groups is 1.